The second-order valence-corrected chi connectivity index (χ2v) is 8.92. The second-order valence-electron chi connectivity index (χ2n) is 8.92. The number of anilines is 1. The molecule has 2 unspecified atom stereocenters. The SMILES string of the molecule is O=C(NC1CCCC(C(F)(F)F)C1)C1CN(c2c3c(nc4ccnn24)CCNCC3)C1. The van der Waals surface area contributed by atoms with Crippen LogP contribution in [0.3, 0.4) is 0 Å². The van der Waals surface area contributed by atoms with Crippen molar-refractivity contribution in [3.8, 4) is 0 Å². The molecule has 31 heavy (non-hydrogen) atoms. The maximum Gasteiger partial charge on any atom is 0.391 e. The van der Waals surface area contributed by atoms with Crippen molar-refractivity contribution in [2.75, 3.05) is 31.1 Å². The molecule has 1 saturated heterocycles. The summed E-state index contributed by atoms with van der Waals surface area (Å²) in [6, 6.07) is 1.50. The summed E-state index contributed by atoms with van der Waals surface area (Å²) in [7, 11) is 0. The Morgan fingerprint density at radius 2 is 2.00 bits per heavy atom. The van der Waals surface area contributed by atoms with Crippen molar-refractivity contribution in [2.24, 2.45) is 11.8 Å². The summed E-state index contributed by atoms with van der Waals surface area (Å²) in [4.78, 5) is 19.6. The molecule has 1 saturated carbocycles. The summed E-state index contributed by atoms with van der Waals surface area (Å²) in [5, 5.41) is 10.7. The van der Waals surface area contributed by atoms with Crippen LogP contribution in [0.1, 0.15) is 36.9 Å². The number of aromatic nitrogens is 3. The lowest BCUT2D eigenvalue weighted by atomic mass is 9.84. The number of amides is 1. The van der Waals surface area contributed by atoms with Crippen LogP contribution in [-0.2, 0) is 17.6 Å². The molecule has 2 aromatic rings. The first kappa shape index (κ1) is 20.5. The Kier molecular flexibility index (Phi) is 5.27. The van der Waals surface area contributed by atoms with Crippen LogP contribution in [0.5, 0.6) is 0 Å². The van der Waals surface area contributed by atoms with Crippen molar-refractivity contribution in [3.05, 3.63) is 23.5 Å². The normalized spacial score (nSPS) is 25.1. The molecule has 4 heterocycles. The zero-order chi connectivity index (χ0) is 21.6. The fourth-order valence-electron chi connectivity index (χ4n) is 5.09. The van der Waals surface area contributed by atoms with Crippen LogP contribution >= 0.6 is 0 Å². The molecule has 0 radical (unpaired) electrons. The van der Waals surface area contributed by atoms with Crippen LogP contribution in [0.25, 0.3) is 5.65 Å². The number of hydrogen-bond acceptors (Lipinski definition) is 5. The van der Waals surface area contributed by atoms with Gasteiger partial charge in [-0.05, 0) is 32.2 Å². The standard InChI is InChI=1S/C21H27F3N6O/c22-21(23,24)14-2-1-3-15(10-14)27-19(31)13-11-29(12-13)20-16-4-7-25-8-5-17(16)28-18-6-9-26-30(18)20/h6,9,13-15,25H,1-5,7-8,10-12H2,(H,27,31). The van der Waals surface area contributed by atoms with Crippen LogP contribution in [-0.4, -0.2) is 58.9 Å². The van der Waals surface area contributed by atoms with Gasteiger partial charge in [0.2, 0.25) is 5.91 Å². The van der Waals surface area contributed by atoms with E-state index in [2.05, 4.69) is 20.6 Å². The van der Waals surface area contributed by atoms with Crippen molar-refractivity contribution in [1.82, 2.24) is 25.2 Å². The first-order valence-corrected chi connectivity index (χ1v) is 11.1. The van der Waals surface area contributed by atoms with Gasteiger partial charge in [0.05, 0.1) is 23.7 Å². The third-order valence-electron chi connectivity index (χ3n) is 6.82. The number of nitrogens with one attached hydrogen (secondary N) is 2. The molecule has 0 spiro atoms. The minimum absolute atomic E-state index is 0.00948. The average molecular weight is 436 g/mol. The van der Waals surface area contributed by atoms with Gasteiger partial charge in [-0.3, -0.25) is 4.79 Å². The minimum atomic E-state index is -4.18. The van der Waals surface area contributed by atoms with Gasteiger partial charge in [-0.15, -0.1) is 0 Å². The van der Waals surface area contributed by atoms with Crippen molar-refractivity contribution < 1.29 is 18.0 Å². The van der Waals surface area contributed by atoms with Gasteiger partial charge in [0.25, 0.3) is 0 Å². The Balaban J connectivity index is 1.27. The highest BCUT2D eigenvalue weighted by molar-refractivity contribution is 5.82. The summed E-state index contributed by atoms with van der Waals surface area (Å²) >= 11 is 0. The van der Waals surface area contributed by atoms with Gasteiger partial charge >= 0.3 is 6.18 Å². The van der Waals surface area contributed by atoms with E-state index >= 15 is 0 Å². The predicted octanol–water partition coefficient (Wildman–Crippen LogP) is 2.09. The topological polar surface area (TPSA) is 74.6 Å². The van der Waals surface area contributed by atoms with Gasteiger partial charge in [0.15, 0.2) is 5.65 Å². The summed E-state index contributed by atoms with van der Waals surface area (Å²) in [5.74, 6) is -0.668. The van der Waals surface area contributed by atoms with Crippen LogP contribution in [0, 0.1) is 11.8 Å². The number of hydrogen-bond donors (Lipinski definition) is 2. The summed E-state index contributed by atoms with van der Waals surface area (Å²) in [6.07, 6.45) is 0.520. The van der Waals surface area contributed by atoms with Gasteiger partial charge < -0.3 is 15.5 Å². The number of nitrogens with zero attached hydrogens (tertiary/aromatic N) is 4. The first-order valence-electron chi connectivity index (χ1n) is 11.1. The molecule has 168 valence electrons. The van der Waals surface area contributed by atoms with E-state index in [4.69, 9.17) is 4.98 Å². The van der Waals surface area contributed by atoms with Crippen molar-refractivity contribution >= 4 is 17.4 Å². The Morgan fingerprint density at radius 1 is 1.19 bits per heavy atom. The maximum atomic E-state index is 13.1. The van der Waals surface area contributed by atoms with Gasteiger partial charge in [0.1, 0.15) is 5.82 Å². The number of halogens is 3. The van der Waals surface area contributed by atoms with Gasteiger partial charge in [0, 0.05) is 43.7 Å². The monoisotopic (exact) mass is 436 g/mol. The van der Waals surface area contributed by atoms with Crippen LogP contribution < -0.4 is 15.5 Å². The molecule has 10 heteroatoms. The molecular formula is C21H27F3N6O. The number of rotatable bonds is 3. The Hall–Kier alpha value is -2.36. The molecule has 0 aromatic carbocycles. The molecule has 0 bridgehead atoms. The van der Waals surface area contributed by atoms with E-state index in [-0.39, 0.29) is 30.7 Å². The van der Waals surface area contributed by atoms with Crippen LogP contribution in [0.4, 0.5) is 19.0 Å². The van der Waals surface area contributed by atoms with E-state index < -0.39 is 12.1 Å². The van der Waals surface area contributed by atoms with Crippen molar-refractivity contribution in [2.45, 2.75) is 50.7 Å². The molecule has 1 aliphatic carbocycles. The zero-order valence-electron chi connectivity index (χ0n) is 17.3. The number of carbonyl (C=O) groups excluding carboxylic acids is 1. The minimum Gasteiger partial charge on any atom is -0.354 e. The quantitative estimate of drug-likeness (QED) is 0.771. The van der Waals surface area contributed by atoms with E-state index in [1.54, 1.807) is 6.20 Å². The third-order valence-corrected chi connectivity index (χ3v) is 6.82. The fraction of sp³-hybridized carbons (Fsp3) is 0.667. The lowest BCUT2D eigenvalue weighted by molar-refractivity contribution is -0.184. The van der Waals surface area contributed by atoms with Crippen molar-refractivity contribution in [3.63, 3.8) is 0 Å². The summed E-state index contributed by atoms with van der Waals surface area (Å²) < 4.78 is 41.0. The van der Waals surface area contributed by atoms with Crippen LogP contribution in [0.15, 0.2) is 12.3 Å². The fourth-order valence-corrected chi connectivity index (χ4v) is 5.09. The van der Waals surface area contributed by atoms with E-state index in [1.807, 2.05) is 10.6 Å². The first-order chi connectivity index (χ1) is 14.9. The molecule has 3 aliphatic rings. The average Bonchev–Trinajstić information content (AvgIpc) is 3.02. The van der Waals surface area contributed by atoms with E-state index in [0.29, 0.717) is 25.9 Å². The van der Waals surface area contributed by atoms with Gasteiger partial charge in [-0.25, -0.2) is 4.98 Å². The second kappa shape index (κ2) is 7.96. The molecule has 1 amide bonds. The molecule has 5 rings (SSSR count). The number of alkyl halides is 3. The Labute approximate surface area is 178 Å². The largest absolute Gasteiger partial charge is 0.391 e. The number of carbonyl (C=O) groups is 1. The third kappa shape index (κ3) is 3.97. The summed E-state index contributed by atoms with van der Waals surface area (Å²) in [6.45, 7) is 2.84. The predicted molar refractivity (Wildman–Crippen MR) is 109 cm³/mol. The van der Waals surface area contributed by atoms with Crippen molar-refractivity contribution in [1.29, 1.82) is 0 Å². The molecular weight excluding hydrogens is 409 g/mol. The number of fused-ring (bicyclic) bond motifs is 2. The van der Waals surface area contributed by atoms with Gasteiger partial charge in [-0.2, -0.15) is 22.8 Å². The Bertz CT molecular complexity index is 968. The molecule has 7 nitrogen and oxygen atoms in total. The molecule has 2 atom stereocenters. The zero-order valence-corrected chi connectivity index (χ0v) is 17.3. The Morgan fingerprint density at radius 3 is 2.81 bits per heavy atom. The lowest BCUT2D eigenvalue weighted by Gasteiger charge is -2.42. The molecule has 2 aromatic heterocycles. The molecule has 2 aliphatic heterocycles. The van der Waals surface area contributed by atoms with E-state index in [9.17, 15) is 18.0 Å². The van der Waals surface area contributed by atoms with Gasteiger partial charge in [-0.1, -0.05) is 6.42 Å². The maximum absolute atomic E-state index is 13.1. The summed E-state index contributed by atoms with van der Waals surface area (Å²) in [5.41, 5.74) is 3.03. The molecule has 2 N–H and O–H groups in total. The highest BCUT2D eigenvalue weighted by atomic mass is 19.4. The molecule has 2 fully saturated rings. The lowest BCUT2D eigenvalue weighted by Crippen LogP contribution is -2.56. The highest BCUT2D eigenvalue weighted by Gasteiger charge is 2.43. The van der Waals surface area contributed by atoms with Crippen LogP contribution in [0.2, 0.25) is 0 Å². The highest BCUT2D eigenvalue weighted by Crippen LogP contribution is 2.38. The van der Waals surface area contributed by atoms with E-state index in [1.165, 1.54) is 5.56 Å². The smallest absolute Gasteiger partial charge is 0.354 e. The van der Waals surface area contributed by atoms with E-state index in [0.717, 1.165) is 43.1 Å².